The molecule has 2 N–H and O–H groups in total. The van der Waals surface area contributed by atoms with Crippen LogP contribution in [-0.4, -0.2) is 40.4 Å². The minimum absolute atomic E-state index is 0.189. The lowest BCUT2D eigenvalue weighted by molar-refractivity contribution is -0.132. The van der Waals surface area contributed by atoms with Crippen LogP contribution in [0.25, 0.3) is 11.0 Å². The topological polar surface area (TPSA) is 61.0 Å². The Morgan fingerprint density at radius 1 is 1.07 bits per heavy atom. The Hall–Kier alpha value is -2.66. The molecule has 1 amide bonds. The van der Waals surface area contributed by atoms with E-state index in [4.69, 9.17) is 0 Å². The summed E-state index contributed by atoms with van der Waals surface area (Å²) in [6.07, 6.45) is 1.15. The van der Waals surface area contributed by atoms with Gasteiger partial charge in [0.25, 0.3) is 0 Å². The number of benzene rings is 2. The van der Waals surface area contributed by atoms with Gasteiger partial charge in [0.15, 0.2) is 0 Å². The summed E-state index contributed by atoms with van der Waals surface area (Å²) in [6.45, 7) is 2.87. The van der Waals surface area contributed by atoms with E-state index >= 15 is 0 Å². The summed E-state index contributed by atoms with van der Waals surface area (Å²) in [6, 6.07) is 18.7. The number of aryl methyl sites for hydroxylation is 1. The molecule has 2 saturated heterocycles. The van der Waals surface area contributed by atoms with Crippen molar-refractivity contribution >= 4 is 16.9 Å². The van der Waals surface area contributed by atoms with E-state index in [2.05, 4.69) is 44.5 Å². The molecular weight excluding hydrogens is 336 g/mol. The molecule has 3 atom stereocenters. The summed E-state index contributed by atoms with van der Waals surface area (Å²) < 4.78 is 0. The fourth-order valence-electron chi connectivity index (χ4n) is 4.75. The molecule has 27 heavy (non-hydrogen) atoms. The number of imidazole rings is 1. The number of carbonyl (C=O) groups is 1. The molecule has 5 nitrogen and oxygen atoms in total. The number of H-pyrrole nitrogens is 1. The van der Waals surface area contributed by atoms with E-state index in [1.807, 2.05) is 30.3 Å². The van der Waals surface area contributed by atoms with E-state index in [1.165, 1.54) is 5.56 Å². The van der Waals surface area contributed by atoms with Crippen LogP contribution in [0.2, 0.25) is 0 Å². The first-order chi connectivity index (χ1) is 13.3. The highest BCUT2D eigenvalue weighted by Gasteiger charge is 2.46. The number of likely N-dealkylation sites (tertiary alicyclic amines) is 1. The zero-order valence-electron chi connectivity index (χ0n) is 15.3. The Morgan fingerprint density at radius 2 is 1.89 bits per heavy atom. The monoisotopic (exact) mass is 360 g/mol. The van der Waals surface area contributed by atoms with Crippen LogP contribution < -0.4 is 5.32 Å². The number of para-hydroxylation sites is 2. The van der Waals surface area contributed by atoms with Gasteiger partial charge in [-0.15, -0.1) is 0 Å². The third-order valence-electron chi connectivity index (χ3n) is 6.04. The van der Waals surface area contributed by atoms with Crippen molar-refractivity contribution in [3.05, 3.63) is 66.0 Å². The Morgan fingerprint density at radius 3 is 2.74 bits per heavy atom. The van der Waals surface area contributed by atoms with Gasteiger partial charge in [-0.3, -0.25) is 4.79 Å². The van der Waals surface area contributed by atoms with Gasteiger partial charge in [0, 0.05) is 38.4 Å². The van der Waals surface area contributed by atoms with Crippen molar-refractivity contribution in [2.24, 2.45) is 11.8 Å². The molecule has 0 aliphatic carbocycles. The fraction of sp³-hybridized carbons (Fsp3) is 0.364. The predicted molar refractivity (Wildman–Crippen MR) is 105 cm³/mol. The first-order valence-corrected chi connectivity index (χ1v) is 9.78. The molecule has 0 bridgehead atoms. The number of amides is 1. The maximum absolute atomic E-state index is 13.1. The molecule has 3 heterocycles. The summed E-state index contributed by atoms with van der Waals surface area (Å²) >= 11 is 0. The number of rotatable bonds is 4. The number of fused-ring (bicyclic) bond motifs is 2. The van der Waals surface area contributed by atoms with Gasteiger partial charge >= 0.3 is 0 Å². The summed E-state index contributed by atoms with van der Waals surface area (Å²) in [4.78, 5) is 23.2. The average molecular weight is 360 g/mol. The smallest absolute Gasteiger partial charge is 0.223 e. The molecule has 0 unspecified atom stereocenters. The minimum atomic E-state index is 0.189. The van der Waals surface area contributed by atoms with E-state index in [0.29, 0.717) is 24.7 Å². The zero-order chi connectivity index (χ0) is 18.2. The quantitative estimate of drug-likeness (QED) is 0.752. The Labute approximate surface area is 158 Å². The normalized spacial score (nSPS) is 24.4. The number of aromatic amines is 1. The second kappa shape index (κ2) is 6.82. The van der Waals surface area contributed by atoms with Crippen molar-refractivity contribution in [3.63, 3.8) is 0 Å². The molecule has 3 aromatic rings. The van der Waals surface area contributed by atoms with Crippen LogP contribution >= 0.6 is 0 Å². The van der Waals surface area contributed by atoms with E-state index in [9.17, 15) is 4.79 Å². The summed E-state index contributed by atoms with van der Waals surface area (Å²) in [5, 5.41) is 3.50. The summed E-state index contributed by atoms with van der Waals surface area (Å²) in [5.41, 5.74) is 3.25. The zero-order valence-corrected chi connectivity index (χ0v) is 15.3. The second-order valence-electron chi connectivity index (χ2n) is 7.68. The lowest BCUT2D eigenvalue weighted by Gasteiger charge is -2.28. The molecule has 1 aromatic heterocycles. The van der Waals surface area contributed by atoms with Crippen LogP contribution in [0, 0.1) is 11.8 Å². The van der Waals surface area contributed by atoms with Gasteiger partial charge in [-0.1, -0.05) is 42.5 Å². The second-order valence-corrected chi connectivity index (χ2v) is 7.68. The van der Waals surface area contributed by atoms with Gasteiger partial charge in [-0.05, 0) is 23.6 Å². The van der Waals surface area contributed by atoms with Crippen LogP contribution in [0.15, 0.2) is 54.6 Å². The van der Waals surface area contributed by atoms with E-state index < -0.39 is 0 Å². The minimum Gasteiger partial charge on any atom is -0.342 e. The standard InChI is InChI=1S/C22H24N4O/c27-21(11-10-20-24-18-8-4-5-9-19(18)25-20)26-14-16-12-23-13-17(16)22(26)15-6-2-1-3-7-15/h1-9,16-17,22-23H,10-14H2,(H,24,25)/t16-,17-,22+/m0/s1. The third-order valence-corrected chi connectivity index (χ3v) is 6.04. The Bertz CT molecular complexity index is 918. The maximum atomic E-state index is 13.1. The molecule has 0 spiro atoms. The van der Waals surface area contributed by atoms with E-state index in [0.717, 1.165) is 36.5 Å². The molecule has 2 fully saturated rings. The molecule has 0 radical (unpaired) electrons. The lowest BCUT2D eigenvalue weighted by Crippen LogP contribution is -2.34. The van der Waals surface area contributed by atoms with Gasteiger partial charge in [0.1, 0.15) is 5.82 Å². The number of nitrogens with zero attached hydrogens (tertiary/aromatic N) is 2. The number of aromatic nitrogens is 2. The fourth-order valence-corrected chi connectivity index (χ4v) is 4.75. The molecule has 2 aromatic carbocycles. The first-order valence-electron chi connectivity index (χ1n) is 9.78. The van der Waals surface area contributed by atoms with Gasteiger partial charge in [0.2, 0.25) is 5.91 Å². The van der Waals surface area contributed by atoms with Gasteiger partial charge in [-0.25, -0.2) is 4.98 Å². The number of nitrogens with one attached hydrogen (secondary N) is 2. The van der Waals surface area contributed by atoms with Gasteiger partial charge in [-0.2, -0.15) is 0 Å². The van der Waals surface area contributed by atoms with Crippen LogP contribution in [0.1, 0.15) is 23.9 Å². The molecule has 138 valence electrons. The maximum Gasteiger partial charge on any atom is 0.223 e. The number of carbonyl (C=O) groups excluding carboxylic acids is 1. The summed E-state index contributed by atoms with van der Waals surface area (Å²) in [7, 11) is 0. The first kappa shape index (κ1) is 16.5. The molecule has 5 heteroatoms. The van der Waals surface area contributed by atoms with Crippen molar-refractivity contribution in [1.29, 1.82) is 0 Å². The Kier molecular flexibility index (Phi) is 4.17. The average Bonchev–Trinajstić information content (AvgIpc) is 3.40. The van der Waals surface area contributed by atoms with Crippen LogP contribution in [0.4, 0.5) is 0 Å². The van der Waals surface area contributed by atoms with Crippen molar-refractivity contribution in [2.45, 2.75) is 18.9 Å². The number of hydrogen-bond acceptors (Lipinski definition) is 3. The molecule has 0 saturated carbocycles. The van der Waals surface area contributed by atoms with Gasteiger partial charge < -0.3 is 15.2 Å². The van der Waals surface area contributed by atoms with Crippen molar-refractivity contribution in [1.82, 2.24) is 20.2 Å². The molecule has 2 aliphatic rings. The van der Waals surface area contributed by atoms with Crippen LogP contribution in [0.3, 0.4) is 0 Å². The van der Waals surface area contributed by atoms with E-state index in [-0.39, 0.29) is 11.9 Å². The van der Waals surface area contributed by atoms with Gasteiger partial charge in [0.05, 0.1) is 17.1 Å². The predicted octanol–water partition coefficient (Wildman–Crippen LogP) is 2.91. The Balaban J connectivity index is 1.33. The highest BCUT2D eigenvalue weighted by molar-refractivity contribution is 5.78. The van der Waals surface area contributed by atoms with Crippen molar-refractivity contribution < 1.29 is 4.79 Å². The largest absolute Gasteiger partial charge is 0.342 e. The molecule has 5 rings (SSSR count). The summed E-state index contributed by atoms with van der Waals surface area (Å²) in [5.74, 6) is 2.20. The lowest BCUT2D eigenvalue weighted by atomic mass is 9.89. The number of hydrogen-bond donors (Lipinski definition) is 2. The SMILES string of the molecule is O=C(CCc1nc2ccccc2[nH]1)N1C[C@@H]2CNC[C@@H]2[C@H]1c1ccccc1. The highest BCUT2D eigenvalue weighted by Crippen LogP contribution is 2.42. The van der Waals surface area contributed by atoms with E-state index in [1.54, 1.807) is 0 Å². The highest BCUT2D eigenvalue weighted by atomic mass is 16.2. The van der Waals surface area contributed by atoms with Crippen LogP contribution in [0.5, 0.6) is 0 Å². The molecular formula is C22H24N4O. The van der Waals surface area contributed by atoms with Crippen molar-refractivity contribution in [2.75, 3.05) is 19.6 Å². The third kappa shape index (κ3) is 3.02. The molecule has 2 aliphatic heterocycles. The van der Waals surface area contributed by atoms with Crippen LogP contribution in [-0.2, 0) is 11.2 Å². The van der Waals surface area contributed by atoms with Crippen molar-refractivity contribution in [3.8, 4) is 0 Å².